The number of aliphatic hydroxyl groups excluding tert-OH is 7. The highest BCUT2D eigenvalue weighted by Gasteiger charge is 2.54. The van der Waals surface area contributed by atoms with E-state index in [4.69, 9.17) is 28.0 Å². The summed E-state index contributed by atoms with van der Waals surface area (Å²) in [5, 5.41) is 72.3. The van der Waals surface area contributed by atoms with Crippen molar-refractivity contribution >= 4 is 19.8 Å². The van der Waals surface area contributed by atoms with Crippen molar-refractivity contribution in [3.63, 3.8) is 0 Å². The molecule has 384 valence electrons. The molecule has 1 saturated heterocycles. The van der Waals surface area contributed by atoms with Gasteiger partial charge in [-0.3, -0.25) is 18.6 Å². The van der Waals surface area contributed by atoms with Gasteiger partial charge in [-0.05, 0) is 12.8 Å². The number of hydrogen-bond donors (Lipinski definition) is 8. The first-order valence-electron chi connectivity index (χ1n) is 25.3. The van der Waals surface area contributed by atoms with E-state index in [9.17, 15) is 54.8 Å². The van der Waals surface area contributed by atoms with E-state index in [1.165, 1.54) is 103 Å². The molecular weight excluding hydrogens is 867 g/mol. The van der Waals surface area contributed by atoms with Crippen molar-refractivity contribution in [3.8, 4) is 0 Å². The second kappa shape index (κ2) is 35.8. The minimum Gasteiger partial charge on any atom is -0.462 e. The summed E-state index contributed by atoms with van der Waals surface area (Å²) in [4.78, 5) is 36.5. The fourth-order valence-corrected chi connectivity index (χ4v) is 9.31. The van der Waals surface area contributed by atoms with Crippen molar-refractivity contribution in [1.82, 2.24) is 0 Å². The summed E-state index contributed by atoms with van der Waals surface area (Å²) in [5.41, 5.74) is 0. The number of rotatable bonds is 39. The number of carbonyl (C=O) groups is 2. The molecule has 8 N–H and O–H groups in total. The standard InChI is InChI=1S/C47H89O17P/c1-3-5-7-9-11-13-15-17-19-21-23-25-27-29-38(50)59-33-35(61-39(51)30-28-26-24-22-20-18-16-14-12-10-8-6-4-2)34-60-65(57,58)64-47-45(56)43(54)42(53)44(55)46(47)63-40-31-36(49)41(52)37(32-48)62-40/h35-37,40-49,52-56H,3-34H2,1-2H3,(H,57,58)/t35-,36-,37-,40-,41+,42-,43-,44+,45-,46-,47-/m1/s1. The Hall–Kier alpha value is -1.31. The molecular formula is C47H89O17P. The predicted octanol–water partition coefficient (Wildman–Crippen LogP) is 6.58. The van der Waals surface area contributed by atoms with E-state index in [-0.39, 0.29) is 12.8 Å². The quantitative estimate of drug-likeness (QED) is 0.0184. The Labute approximate surface area is 388 Å². The largest absolute Gasteiger partial charge is 0.472 e. The zero-order chi connectivity index (χ0) is 47.9. The number of phosphoric ester groups is 1. The smallest absolute Gasteiger partial charge is 0.462 e. The Bertz CT molecular complexity index is 1260. The summed E-state index contributed by atoms with van der Waals surface area (Å²) in [5.74, 6) is -1.16. The van der Waals surface area contributed by atoms with Gasteiger partial charge in [-0.1, -0.05) is 168 Å². The molecule has 0 aromatic carbocycles. The molecule has 1 saturated carbocycles. The zero-order valence-corrected chi connectivity index (χ0v) is 40.6. The van der Waals surface area contributed by atoms with Crippen LogP contribution in [0.1, 0.15) is 200 Å². The Morgan fingerprint density at radius 2 is 0.985 bits per heavy atom. The summed E-state index contributed by atoms with van der Waals surface area (Å²) in [6.07, 6.45) is 10.2. The molecule has 0 amide bonds. The van der Waals surface area contributed by atoms with Gasteiger partial charge in [-0.2, -0.15) is 0 Å². The van der Waals surface area contributed by atoms with E-state index in [0.29, 0.717) is 12.8 Å². The maximum Gasteiger partial charge on any atom is 0.472 e. The first kappa shape index (κ1) is 59.8. The van der Waals surface area contributed by atoms with E-state index < -0.39 is 113 Å². The summed E-state index contributed by atoms with van der Waals surface area (Å²) in [7, 11) is -5.29. The molecule has 0 bridgehead atoms. The van der Waals surface area contributed by atoms with Crippen molar-refractivity contribution in [1.29, 1.82) is 0 Å². The van der Waals surface area contributed by atoms with Crippen molar-refractivity contribution in [2.75, 3.05) is 19.8 Å². The van der Waals surface area contributed by atoms with Crippen LogP contribution in [0.25, 0.3) is 0 Å². The van der Waals surface area contributed by atoms with Crippen LogP contribution in [0, 0.1) is 0 Å². The Morgan fingerprint density at radius 1 is 0.569 bits per heavy atom. The minimum absolute atomic E-state index is 0.0614. The molecule has 0 aromatic rings. The normalized spacial score (nSPS) is 27.3. The molecule has 18 heteroatoms. The number of aliphatic hydroxyl groups is 7. The molecule has 2 aliphatic rings. The predicted molar refractivity (Wildman–Crippen MR) is 243 cm³/mol. The van der Waals surface area contributed by atoms with Gasteiger partial charge in [0.15, 0.2) is 12.4 Å². The van der Waals surface area contributed by atoms with E-state index in [2.05, 4.69) is 13.8 Å². The highest BCUT2D eigenvalue weighted by molar-refractivity contribution is 7.47. The van der Waals surface area contributed by atoms with Gasteiger partial charge in [0.2, 0.25) is 0 Å². The van der Waals surface area contributed by atoms with E-state index in [1.54, 1.807) is 0 Å². The van der Waals surface area contributed by atoms with E-state index >= 15 is 0 Å². The molecule has 1 heterocycles. The molecule has 65 heavy (non-hydrogen) atoms. The molecule has 1 aliphatic heterocycles. The monoisotopic (exact) mass is 957 g/mol. The second-order valence-corrected chi connectivity index (χ2v) is 19.7. The van der Waals surface area contributed by atoms with Crippen LogP contribution in [0.2, 0.25) is 0 Å². The fraction of sp³-hybridized carbons (Fsp3) is 0.957. The molecule has 17 nitrogen and oxygen atoms in total. The van der Waals surface area contributed by atoms with Crippen LogP contribution in [0.15, 0.2) is 0 Å². The number of hydrogen-bond acceptors (Lipinski definition) is 16. The topological polar surface area (TPSA) is 268 Å². The molecule has 2 fully saturated rings. The lowest BCUT2D eigenvalue weighted by Gasteiger charge is -2.46. The number of carbonyl (C=O) groups excluding carboxylic acids is 2. The van der Waals surface area contributed by atoms with E-state index in [0.717, 1.165) is 51.4 Å². The first-order valence-corrected chi connectivity index (χ1v) is 26.7. The average molecular weight is 957 g/mol. The number of unbranched alkanes of at least 4 members (excludes halogenated alkanes) is 24. The Balaban J connectivity index is 1.92. The summed E-state index contributed by atoms with van der Waals surface area (Å²) in [6.45, 7) is 2.43. The molecule has 1 aliphatic carbocycles. The third-order valence-corrected chi connectivity index (χ3v) is 13.4. The summed E-state index contributed by atoms with van der Waals surface area (Å²) < 4.78 is 45.8. The zero-order valence-electron chi connectivity index (χ0n) is 39.7. The lowest BCUT2D eigenvalue weighted by atomic mass is 9.85. The molecule has 2 rings (SSSR count). The van der Waals surface area contributed by atoms with Gasteiger partial charge in [-0.25, -0.2) is 4.57 Å². The molecule has 1 unspecified atom stereocenters. The third kappa shape index (κ3) is 25.8. The lowest BCUT2D eigenvalue weighted by molar-refractivity contribution is -0.309. The molecule has 0 spiro atoms. The minimum atomic E-state index is -5.29. The number of esters is 2. The Morgan fingerprint density at radius 3 is 1.43 bits per heavy atom. The van der Waals surface area contributed by atoms with Crippen LogP contribution in [0.4, 0.5) is 0 Å². The van der Waals surface area contributed by atoms with Crippen molar-refractivity contribution < 1.29 is 82.8 Å². The van der Waals surface area contributed by atoms with Crippen molar-refractivity contribution in [2.24, 2.45) is 0 Å². The maximum atomic E-state index is 13.4. The fourth-order valence-electron chi connectivity index (χ4n) is 8.35. The van der Waals surface area contributed by atoms with Crippen LogP contribution < -0.4 is 0 Å². The molecule has 0 aromatic heterocycles. The van der Waals surface area contributed by atoms with Gasteiger partial charge in [0.05, 0.1) is 19.3 Å². The maximum absolute atomic E-state index is 13.4. The summed E-state index contributed by atoms with van der Waals surface area (Å²) >= 11 is 0. The highest BCUT2D eigenvalue weighted by atomic mass is 31.2. The van der Waals surface area contributed by atoms with Gasteiger partial charge in [0, 0.05) is 19.3 Å². The van der Waals surface area contributed by atoms with Gasteiger partial charge in [0.25, 0.3) is 0 Å². The second-order valence-electron chi connectivity index (χ2n) is 18.3. The van der Waals surface area contributed by atoms with Crippen molar-refractivity contribution in [2.45, 2.75) is 267 Å². The van der Waals surface area contributed by atoms with Gasteiger partial charge < -0.3 is 59.6 Å². The Kier molecular flexibility index (Phi) is 32.9. The number of phosphoric acid groups is 1. The van der Waals surface area contributed by atoms with E-state index in [1.807, 2.05) is 0 Å². The summed E-state index contributed by atoms with van der Waals surface area (Å²) in [6, 6.07) is 0. The van der Waals surface area contributed by atoms with Gasteiger partial charge >= 0.3 is 19.8 Å². The number of ether oxygens (including phenoxy) is 4. The van der Waals surface area contributed by atoms with Crippen LogP contribution >= 0.6 is 7.82 Å². The van der Waals surface area contributed by atoms with Crippen LogP contribution in [-0.4, -0.2) is 140 Å². The lowest BCUT2D eigenvalue weighted by Crippen LogP contribution is -2.66. The molecule has 12 atom stereocenters. The SMILES string of the molecule is CCCCCCCCCCCCCCCC(=O)OC[C@H](COP(=O)(O)O[C@@H]1[C@H](O)[C@H](O)[C@@H](O)[C@H](O)[C@H]1O[C@@H]1C[C@@H](O)[C@H](O)[C@@H](CO)O1)OC(=O)CCCCCCCCCCCCCCC. The first-order chi connectivity index (χ1) is 31.2. The van der Waals surface area contributed by atoms with Crippen LogP contribution in [-0.2, 0) is 42.1 Å². The van der Waals surface area contributed by atoms with Gasteiger partial charge in [-0.15, -0.1) is 0 Å². The van der Waals surface area contributed by atoms with Crippen molar-refractivity contribution in [3.05, 3.63) is 0 Å². The van der Waals surface area contributed by atoms with Crippen LogP contribution in [0.3, 0.4) is 0 Å². The third-order valence-electron chi connectivity index (χ3n) is 12.4. The average Bonchev–Trinajstić information content (AvgIpc) is 3.28. The van der Waals surface area contributed by atoms with Crippen LogP contribution in [0.5, 0.6) is 0 Å². The highest BCUT2D eigenvalue weighted by Crippen LogP contribution is 2.48. The molecule has 0 radical (unpaired) electrons. The van der Waals surface area contributed by atoms with Gasteiger partial charge in [0.1, 0.15) is 55.4 Å².